The highest BCUT2D eigenvalue weighted by molar-refractivity contribution is 6.18. The molecule has 0 aromatic heterocycles. The first-order valence-electron chi connectivity index (χ1n) is 5.56. The molecule has 0 saturated heterocycles. The van der Waals surface area contributed by atoms with Crippen LogP contribution < -0.4 is 5.32 Å². The van der Waals surface area contributed by atoms with E-state index in [4.69, 9.17) is 21.1 Å². The van der Waals surface area contributed by atoms with E-state index in [1.807, 2.05) is 0 Å². The average Bonchev–Trinajstić information content (AvgIpc) is 2.21. The van der Waals surface area contributed by atoms with Crippen molar-refractivity contribution in [2.75, 3.05) is 39.4 Å². The first-order chi connectivity index (χ1) is 7.20. The lowest BCUT2D eigenvalue weighted by molar-refractivity contribution is 0.117. The summed E-state index contributed by atoms with van der Waals surface area (Å²) in [5.74, 6) is 1.28. The summed E-state index contributed by atoms with van der Waals surface area (Å²) in [5.41, 5.74) is 0. The van der Waals surface area contributed by atoms with Crippen molar-refractivity contribution >= 4 is 11.6 Å². The number of ether oxygens (including phenoxy) is 2. The highest BCUT2D eigenvalue weighted by Gasteiger charge is 2.04. The maximum Gasteiger partial charge on any atom is 0.0627 e. The SMILES string of the molecule is COCC(CCl)NCCOCCC(C)C. The molecule has 0 aliphatic rings. The minimum absolute atomic E-state index is 0.227. The molecule has 0 bridgehead atoms. The van der Waals surface area contributed by atoms with Gasteiger partial charge in [-0.15, -0.1) is 11.6 Å². The second-order valence-corrected chi connectivity index (χ2v) is 4.36. The molecule has 0 saturated carbocycles. The van der Waals surface area contributed by atoms with Gasteiger partial charge < -0.3 is 14.8 Å². The Labute approximate surface area is 98.5 Å². The van der Waals surface area contributed by atoms with Gasteiger partial charge in [0.1, 0.15) is 0 Å². The van der Waals surface area contributed by atoms with Crippen LogP contribution in [0.4, 0.5) is 0 Å². The van der Waals surface area contributed by atoms with Crippen LogP contribution in [-0.4, -0.2) is 45.4 Å². The van der Waals surface area contributed by atoms with Gasteiger partial charge in [0, 0.05) is 32.2 Å². The quantitative estimate of drug-likeness (QED) is 0.465. The molecule has 0 heterocycles. The smallest absolute Gasteiger partial charge is 0.0627 e. The van der Waals surface area contributed by atoms with Crippen molar-refractivity contribution in [3.8, 4) is 0 Å². The minimum atomic E-state index is 0.227. The van der Waals surface area contributed by atoms with Gasteiger partial charge in [0.25, 0.3) is 0 Å². The molecule has 1 N–H and O–H groups in total. The third-order valence-corrected chi connectivity index (χ3v) is 2.45. The molecule has 92 valence electrons. The molecule has 0 aromatic carbocycles. The van der Waals surface area contributed by atoms with E-state index >= 15 is 0 Å². The van der Waals surface area contributed by atoms with Crippen LogP contribution >= 0.6 is 11.6 Å². The Kier molecular flexibility index (Phi) is 10.8. The zero-order chi connectivity index (χ0) is 11.5. The number of hydrogen-bond donors (Lipinski definition) is 1. The summed E-state index contributed by atoms with van der Waals surface area (Å²) >= 11 is 5.74. The lowest BCUT2D eigenvalue weighted by atomic mass is 10.1. The summed E-state index contributed by atoms with van der Waals surface area (Å²) in [4.78, 5) is 0. The maximum atomic E-state index is 5.74. The summed E-state index contributed by atoms with van der Waals surface area (Å²) in [6, 6.07) is 0.227. The third kappa shape index (κ3) is 10.5. The van der Waals surface area contributed by atoms with Crippen molar-refractivity contribution < 1.29 is 9.47 Å². The molecule has 4 heteroatoms. The van der Waals surface area contributed by atoms with Gasteiger partial charge in [0.2, 0.25) is 0 Å². The van der Waals surface area contributed by atoms with E-state index in [-0.39, 0.29) is 6.04 Å². The molecular weight excluding hydrogens is 214 g/mol. The number of alkyl halides is 1. The van der Waals surface area contributed by atoms with E-state index in [2.05, 4.69) is 19.2 Å². The summed E-state index contributed by atoms with van der Waals surface area (Å²) < 4.78 is 10.5. The van der Waals surface area contributed by atoms with Crippen LogP contribution in [0.25, 0.3) is 0 Å². The topological polar surface area (TPSA) is 30.5 Å². The summed E-state index contributed by atoms with van der Waals surface area (Å²) in [6.45, 7) is 7.46. The fraction of sp³-hybridized carbons (Fsp3) is 1.00. The van der Waals surface area contributed by atoms with E-state index in [9.17, 15) is 0 Å². The minimum Gasteiger partial charge on any atom is -0.383 e. The molecule has 1 unspecified atom stereocenters. The zero-order valence-electron chi connectivity index (χ0n) is 10.1. The van der Waals surface area contributed by atoms with Crippen molar-refractivity contribution in [2.24, 2.45) is 5.92 Å². The molecule has 3 nitrogen and oxygen atoms in total. The lowest BCUT2D eigenvalue weighted by Crippen LogP contribution is -2.37. The van der Waals surface area contributed by atoms with Gasteiger partial charge in [0.15, 0.2) is 0 Å². The Morgan fingerprint density at radius 3 is 2.53 bits per heavy atom. The molecule has 0 spiro atoms. The van der Waals surface area contributed by atoms with Crippen molar-refractivity contribution in [2.45, 2.75) is 26.3 Å². The second-order valence-electron chi connectivity index (χ2n) is 4.06. The molecule has 0 aromatic rings. The normalized spacial score (nSPS) is 13.4. The molecular formula is C11H24ClNO2. The molecule has 0 radical (unpaired) electrons. The highest BCUT2D eigenvalue weighted by Crippen LogP contribution is 1.98. The van der Waals surface area contributed by atoms with E-state index in [1.165, 1.54) is 0 Å². The van der Waals surface area contributed by atoms with Crippen molar-refractivity contribution in [3.63, 3.8) is 0 Å². The predicted octanol–water partition coefficient (Wildman–Crippen LogP) is 1.89. The Morgan fingerprint density at radius 1 is 1.27 bits per heavy atom. The predicted molar refractivity (Wildman–Crippen MR) is 64.7 cm³/mol. The molecule has 0 aliphatic heterocycles. The van der Waals surface area contributed by atoms with Gasteiger partial charge in [-0.05, 0) is 12.3 Å². The first kappa shape index (κ1) is 15.2. The molecule has 15 heavy (non-hydrogen) atoms. The average molecular weight is 238 g/mol. The number of nitrogens with one attached hydrogen (secondary N) is 1. The largest absolute Gasteiger partial charge is 0.383 e. The Hall–Kier alpha value is 0.170. The van der Waals surface area contributed by atoms with Crippen molar-refractivity contribution in [3.05, 3.63) is 0 Å². The van der Waals surface area contributed by atoms with Crippen LogP contribution in [0.1, 0.15) is 20.3 Å². The highest BCUT2D eigenvalue weighted by atomic mass is 35.5. The van der Waals surface area contributed by atoms with E-state index in [0.29, 0.717) is 18.4 Å². The van der Waals surface area contributed by atoms with Crippen molar-refractivity contribution in [1.82, 2.24) is 5.32 Å². The Morgan fingerprint density at radius 2 is 2.00 bits per heavy atom. The van der Waals surface area contributed by atoms with Gasteiger partial charge in [-0.25, -0.2) is 0 Å². The second kappa shape index (κ2) is 10.7. The molecule has 0 rings (SSSR count). The van der Waals surface area contributed by atoms with Crippen LogP contribution in [0.2, 0.25) is 0 Å². The van der Waals surface area contributed by atoms with Gasteiger partial charge in [-0.2, -0.15) is 0 Å². The third-order valence-electron chi connectivity index (χ3n) is 2.07. The summed E-state index contributed by atoms with van der Waals surface area (Å²) in [5, 5.41) is 3.28. The van der Waals surface area contributed by atoms with Crippen LogP contribution in [0, 0.1) is 5.92 Å². The summed E-state index contributed by atoms with van der Waals surface area (Å²) in [6.07, 6.45) is 1.12. The Bertz CT molecular complexity index is 134. The van der Waals surface area contributed by atoms with Crippen LogP contribution in [0.15, 0.2) is 0 Å². The van der Waals surface area contributed by atoms with Gasteiger partial charge >= 0.3 is 0 Å². The van der Waals surface area contributed by atoms with Gasteiger partial charge in [-0.1, -0.05) is 13.8 Å². The van der Waals surface area contributed by atoms with Crippen molar-refractivity contribution in [1.29, 1.82) is 0 Å². The lowest BCUT2D eigenvalue weighted by Gasteiger charge is -2.14. The van der Waals surface area contributed by atoms with Gasteiger partial charge in [-0.3, -0.25) is 0 Å². The standard InChI is InChI=1S/C11H24ClNO2/c1-10(2)4-6-15-7-5-13-11(8-12)9-14-3/h10-11,13H,4-9H2,1-3H3. The molecule has 0 amide bonds. The van der Waals surface area contributed by atoms with Crippen LogP contribution in [0.3, 0.4) is 0 Å². The first-order valence-corrected chi connectivity index (χ1v) is 6.10. The number of hydrogen-bond acceptors (Lipinski definition) is 3. The zero-order valence-corrected chi connectivity index (χ0v) is 10.8. The molecule has 1 atom stereocenters. The fourth-order valence-electron chi connectivity index (χ4n) is 1.12. The number of methoxy groups -OCH3 is 1. The fourth-order valence-corrected chi connectivity index (χ4v) is 1.31. The monoisotopic (exact) mass is 237 g/mol. The molecule has 0 fully saturated rings. The van der Waals surface area contributed by atoms with Crippen LogP contribution in [-0.2, 0) is 9.47 Å². The van der Waals surface area contributed by atoms with Gasteiger partial charge in [0.05, 0.1) is 13.2 Å². The van der Waals surface area contributed by atoms with E-state index in [1.54, 1.807) is 7.11 Å². The van der Waals surface area contributed by atoms with E-state index in [0.717, 1.165) is 26.2 Å². The van der Waals surface area contributed by atoms with Crippen LogP contribution in [0.5, 0.6) is 0 Å². The maximum absolute atomic E-state index is 5.74. The number of rotatable bonds is 10. The molecule has 0 aliphatic carbocycles. The van der Waals surface area contributed by atoms with E-state index < -0.39 is 0 Å². The Balaban J connectivity index is 3.21. The summed E-state index contributed by atoms with van der Waals surface area (Å²) in [7, 11) is 1.68. The number of halogens is 1.